The van der Waals surface area contributed by atoms with E-state index in [2.05, 4.69) is 10.4 Å². The van der Waals surface area contributed by atoms with Crippen LogP contribution in [0.3, 0.4) is 0 Å². The molecule has 1 aromatic rings. The minimum atomic E-state index is -0.0106. The van der Waals surface area contributed by atoms with Crippen molar-refractivity contribution in [3.63, 3.8) is 0 Å². The molecule has 5 nitrogen and oxygen atoms in total. The number of hydrogen-bond donors (Lipinski definition) is 2. The first kappa shape index (κ1) is 12.1. The van der Waals surface area contributed by atoms with Crippen LogP contribution in [0, 0.1) is 19.8 Å². The van der Waals surface area contributed by atoms with Gasteiger partial charge in [-0.05, 0) is 32.6 Å². The number of aryl methyl sites for hydroxylation is 2. The normalized spacial score (nSPS) is 16.9. The Hall–Kier alpha value is -1.36. The number of nitrogens with zero attached hydrogens (tertiary/aromatic N) is 2. The molecule has 0 spiro atoms. The molecule has 17 heavy (non-hydrogen) atoms. The Bertz CT molecular complexity index is 434. The minimum absolute atomic E-state index is 0.00674. The monoisotopic (exact) mass is 236 g/mol. The van der Waals surface area contributed by atoms with Gasteiger partial charge in [-0.25, -0.2) is 0 Å². The van der Waals surface area contributed by atoms with Gasteiger partial charge in [-0.2, -0.15) is 5.10 Å². The first-order chi connectivity index (χ1) is 7.99. The van der Waals surface area contributed by atoms with Gasteiger partial charge in [0, 0.05) is 19.5 Å². The summed E-state index contributed by atoms with van der Waals surface area (Å²) in [6.45, 7) is 3.83. The van der Waals surface area contributed by atoms with Crippen LogP contribution < -0.4 is 11.1 Å². The van der Waals surface area contributed by atoms with Gasteiger partial charge in [0.25, 0.3) is 0 Å². The molecule has 5 heteroatoms. The van der Waals surface area contributed by atoms with Crippen molar-refractivity contribution in [2.24, 2.45) is 18.7 Å². The number of aromatic nitrogens is 2. The lowest BCUT2D eigenvalue weighted by Gasteiger charge is -2.10. The van der Waals surface area contributed by atoms with Gasteiger partial charge in [0.05, 0.1) is 17.1 Å². The van der Waals surface area contributed by atoms with E-state index in [0.29, 0.717) is 12.3 Å². The average molecular weight is 236 g/mol. The predicted octanol–water partition coefficient (Wildman–Crippen LogP) is 1.10. The topological polar surface area (TPSA) is 72.9 Å². The molecule has 1 heterocycles. The van der Waals surface area contributed by atoms with Crippen LogP contribution in [-0.4, -0.2) is 21.7 Å². The Morgan fingerprint density at radius 1 is 1.59 bits per heavy atom. The van der Waals surface area contributed by atoms with E-state index in [1.807, 2.05) is 20.9 Å². The molecule has 1 saturated carbocycles. The van der Waals surface area contributed by atoms with Crippen LogP contribution in [0.1, 0.15) is 30.7 Å². The molecule has 0 aromatic carbocycles. The summed E-state index contributed by atoms with van der Waals surface area (Å²) in [5.41, 5.74) is 8.57. The number of hydrogen-bond acceptors (Lipinski definition) is 3. The summed E-state index contributed by atoms with van der Waals surface area (Å²) >= 11 is 0. The van der Waals surface area contributed by atoms with E-state index in [1.165, 1.54) is 12.8 Å². The number of nitrogens with two attached hydrogens (primary N) is 1. The van der Waals surface area contributed by atoms with Crippen molar-refractivity contribution in [3.05, 3.63) is 11.4 Å². The van der Waals surface area contributed by atoms with E-state index in [-0.39, 0.29) is 11.9 Å². The molecule has 0 radical (unpaired) electrons. The summed E-state index contributed by atoms with van der Waals surface area (Å²) in [6, 6.07) is 0.00674. The lowest BCUT2D eigenvalue weighted by molar-refractivity contribution is -0.116. The summed E-state index contributed by atoms with van der Waals surface area (Å²) in [4.78, 5) is 11.8. The molecular weight excluding hydrogens is 216 g/mol. The van der Waals surface area contributed by atoms with Gasteiger partial charge >= 0.3 is 0 Å². The Labute approximate surface area is 101 Å². The standard InChI is InChI=1S/C12H20N4O/c1-7-12(8(2)16(3)15-7)14-11(17)6-10(13)9-4-5-9/h9-10H,4-6,13H2,1-3H3,(H,14,17). The Morgan fingerprint density at radius 2 is 2.24 bits per heavy atom. The predicted molar refractivity (Wildman–Crippen MR) is 66.6 cm³/mol. The van der Waals surface area contributed by atoms with Crippen molar-refractivity contribution >= 4 is 11.6 Å². The molecule has 2 rings (SSSR count). The molecule has 1 aliphatic rings. The number of anilines is 1. The molecule has 1 unspecified atom stereocenters. The second-order valence-corrected chi connectivity index (χ2v) is 4.92. The first-order valence-corrected chi connectivity index (χ1v) is 6.04. The Kier molecular flexibility index (Phi) is 3.19. The second-order valence-electron chi connectivity index (χ2n) is 4.92. The molecule has 1 aliphatic carbocycles. The van der Waals surface area contributed by atoms with Crippen molar-refractivity contribution < 1.29 is 4.79 Å². The molecule has 94 valence electrons. The molecule has 0 aliphatic heterocycles. The van der Waals surface area contributed by atoms with E-state index in [9.17, 15) is 4.79 Å². The third kappa shape index (κ3) is 2.66. The Balaban J connectivity index is 1.97. The molecule has 0 saturated heterocycles. The maximum Gasteiger partial charge on any atom is 0.226 e. The molecule has 1 fully saturated rings. The van der Waals surface area contributed by atoms with E-state index >= 15 is 0 Å². The summed E-state index contributed by atoms with van der Waals surface area (Å²) in [5, 5.41) is 7.17. The molecule has 1 aromatic heterocycles. The van der Waals surface area contributed by atoms with Crippen LogP contribution in [0.15, 0.2) is 0 Å². The Morgan fingerprint density at radius 3 is 2.71 bits per heavy atom. The summed E-state index contributed by atoms with van der Waals surface area (Å²) in [7, 11) is 1.87. The molecular formula is C12H20N4O. The number of carbonyl (C=O) groups excluding carboxylic acids is 1. The SMILES string of the molecule is Cc1nn(C)c(C)c1NC(=O)CC(N)C1CC1. The fraction of sp³-hybridized carbons (Fsp3) is 0.667. The molecule has 3 N–H and O–H groups in total. The number of carbonyl (C=O) groups is 1. The van der Waals surface area contributed by atoms with E-state index in [1.54, 1.807) is 4.68 Å². The maximum absolute atomic E-state index is 11.8. The fourth-order valence-electron chi connectivity index (χ4n) is 2.05. The van der Waals surface area contributed by atoms with Crippen LogP contribution in [0.2, 0.25) is 0 Å². The zero-order valence-corrected chi connectivity index (χ0v) is 10.7. The highest BCUT2D eigenvalue weighted by Crippen LogP contribution is 2.33. The largest absolute Gasteiger partial charge is 0.327 e. The van der Waals surface area contributed by atoms with Crippen molar-refractivity contribution in [1.82, 2.24) is 9.78 Å². The number of nitrogens with one attached hydrogen (secondary N) is 1. The van der Waals surface area contributed by atoms with Gasteiger partial charge in [-0.1, -0.05) is 0 Å². The lowest BCUT2D eigenvalue weighted by Crippen LogP contribution is -2.29. The third-order valence-electron chi connectivity index (χ3n) is 3.42. The molecule has 1 amide bonds. The van der Waals surface area contributed by atoms with Gasteiger partial charge in [-0.15, -0.1) is 0 Å². The highest BCUT2D eigenvalue weighted by molar-refractivity contribution is 5.92. The second kappa shape index (κ2) is 4.49. The number of rotatable bonds is 4. The van der Waals surface area contributed by atoms with Gasteiger partial charge in [-0.3, -0.25) is 9.48 Å². The van der Waals surface area contributed by atoms with Crippen molar-refractivity contribution in [3.8, 4) is 0 Å². The lowest BCUT2D eigenvalue weighted by atomic mass is 10.1. The smallest absolute Gasteiger partial charge is 0.226 e. The highest BCUT2D eigenvalue weighted by Gasteiger charge is 2.30. The number of amides is 1. The van der Waals surface area contributed by atoms with Crippen LogP contribution in [0.4, 0.5) is 5.69 Å². The van der Waals surface area contributed by atoms with Crippen LogP contribution >= 0.6 is 0 Å². The van der Waals surface area contributed by atoms with Crippen LogP contribution in [0.25, 0.3) is 0 Å². The maximum atomic E-state index is 11.8. The highest BCUT2D eigenvalue weighted by atomic mass is 16.1. The van der Waals surface area contributed by atoms with Gasteiger partial charge in [0.15, 0.2) is 0 Å². The third-order valence-corrected chi connectivity index (χ3v) is 3.42. The zero-order valence-electron chi connectivity index (χ0n) is 10.7. The van der Waals surface area contributed by atoms with Crippen molar-refractivity contribution in [2.75, 3.05) is 5.32 Å². The van der Waals surface area contributed by atoms with E-state index in [0.717, 1.165) is 17.1 Å². The van der Waals surface area contributed by atoms with Crippen LogP contribution in [-0.2, 0) is 11.8 Å². The van der Waals surface area contributed by atoms with E-state index in [4.69, 9.17) is 5.73 Å². The quantitative estimate of drug-likeness (QED) is 0.822. The summed E-state index contributed by atoms with van der Waals surface area (Å²) < 4.78 is 1.77. The molecule has 0 bridgehead atoms. The summed E-state index contributed by atoms with van der Waals surface area (Å²) in [6.07, 6.45) is 2.73. The van der Waals surface area contributed by atoms with Gasteiger partial charge < -0.3 is 11.1 Å². The minimum Gasteiger partial charge on any atom is -0.327 e. The van der Waals surface area contributed by atoms with Gasteiger partial charge in [0.1, 0.15) is 0 Å². The average Bonchev–Trinajstić information content (AvgIpc) is 3.04. The van der Waals surface area contributed by atoms with Crippen molar-refractivity contribution in [1.29, 1.82) is 0 Å². The van der Waals surface area contributed by atoms with E-state index < -0.39 is 0 Å². The fourth-order valence-corrected chi connectivity index (χ4v) is 2.05. The van der Waals surface area contributed by atoms with Crippen LogP contribution in [0.5, 0.6) is 0 Å². The molecule has 1 atom stereocenters. The summed E-state index contributed by atoms with van der Waals surface area (Å²) in [5.74, 6) is 0.542. The van der Waals surface area contributed by atoms with Crippen molar-refractivity contribution in [2.45, 2.75) is 39.2 Å². The zero-order chi connectivity index (χ0) is 12.6. The first-order valence-electron chi connectivity index (χ1n) is 6.04. The van der Waals surface area contributed by atoms with Gasteiger partial charge in [0.2, 0.25) is 5.91 Å².